The Balaban J connectivity index is 2.01. The summed E-state index contributed by atoms with van der Waals surface area (Å²) in [4.78, 5) is 24.0. The molecule has 4 nitrogen and oxygen atoms in total. The van der Waals surface area contributed by atoms with Gasteiger partial charge >= 0.3 is 11.9 Å². The third kappa shape index (κ3) is 4.93. The molecular weight excluding hydrogens is 372 g/mol. The Morgan fingerprint density at radius 2 is 1.62 bits per heavy atom. The van der Waals surface area contributed by atoms with E-state index in [0.717, 1.165) is 10.0 Å². The van der Waals surface area contributed by atoms with Gasteiger partial charge in [-0.1, -0.05) is 35.8 Å². The van der Waals surface area contributed by atoms with Crippen molar-refractivity contribution in [3.63, 3.8) is 0 Å². The summed E-state index contributed by atoms with van der Waals surface area (Å²) in [5.41, 5.74) is 1.91. The van der Waals surface area contributed by atoms with E-state index in [-0.39, 0.29) is 11.9 Å². The van der Waals surface area contributed by atoms with E-state index < -0.39 is 5.97 Å². The fourth-order valence-corrected chi connectivity index (χ4v) is 2.25. The number of benzene rings is 2. The summed E-state index contributed by atoms with van der Waals surface area (Å²) in [6.07, 6.45) is 0. The second-order valence-electron chi connectivity index (χ2n) is 5.87. The highest BCUT2D eigenvalue weighted by atomic mass is 79.9. The highest BCUT2D eigenvalue weighted by Gasteiger charge is 2.12. The Kier molecular flexibility index (Phi) is 6.15. The maximum atomic E-state index is 12.1. The van der Waals surface area contributed by atoms with Crippen LogP contribution in [-0.4, -0.2) is 18.5 Å². The zero-order valence-electron chi connectivity index (χ0n) is 13.8. The number of carbonyl (C=O) groups excluding carboxylic acids is 2. The maximum Gasteiger partial charge on any atom is 0.343 e. The molecule has 0 atom stereocenters. The summed E-state index contributed by atoms with van der Waals surface area (Å²) >= 11 is 3.39. The lowest BCUT2D eigenvalue weighted by molar-refractivity contribution is 0.0459. The van der Waals surface area contributed by atoms with Gasteiger partial charge in [0.2, 0.25) is 0 Å². The zero-order chi connectivity index (χ0) is 17.7. The van der Waals surface area contributed by atoms with Crippen LogP contribution in [0.15, 0.2) is 46.9 Å². The van der Waals surface area contributed by atoms with E-state index in [1.54, 1.807) is 36.4 Å². The highest BCUT2D eigenvalue weighted by Crippen LogP contribution is 2.20. The first-order chi connectivity index (χ1) is 11.4. The van der Waals surface area contributed by atoms with Crippen molar-refractivity contribution >= 4 is 27.9 Å². The fraction of sp³-hybridized carbons (Fsp3) is 0.263. The summed E-state index contributed by atoms with van der Waals surface area (Å²) in [7, 11) is 0. The van der Waals surface area contributed by atoms with E-state index in [0.29, 0.717) is 23.5 Å². The number of aryl methyl sites for hydroxylation is 1. The molecular formula is C19H19BrO4. The smallest absolute Gasteiger partial charge is 0.343 e. The first-order valence-electron chi connectivity index (χ1n) is 7.62. The van der Waals surface area contributed by atoms with Crippen molar-refractivity contribution in [3.05, 3.63) is 63.6 Å². The zero-order valence-corrected chi connectivity index (χ0v) is 15.4. The number of halogens is 1. The monoisotopic (exact) mass is 390 g/mol. The summed E-state index contributed by atoms with van der Waals surface area (Å²) in [6.45, 7) is 6.26. The molecule has 24 heavy (non-hydrogen) atoms. The predicted molar refractivity (Wildman–Crippen MR) is 95.4 cm³/mol. The average Bonchev–Trinajstić information content (AvgIpc) is 2.55. The SMILES string of the molecule is Cc1ccc(C(=O)Oc2ccc(C(=O)OCC(C)C)cc2)cc1Br. The molecule has 0 saturated heterocycles. The Morgan fingerprint density at radius 3 is 2.21 bits per heavy atom. The molecule has 2 rings (SSSR count). The second-order valence-corrected chi connectivity index (χ2v) is 6.72. The quantitative estimate of drug-likeness (QED) is 0.543. The van der Waals surface area contributed by atoms with Crippen LogP contribution < -0.4 is 4.74 Å². The van der Waals surface area contributed by atoms with Crippen molar-refractivity contribution in [1.82, 2.24) is 0 Å². The van der Waals surface area contributed by atoms with Crippen molar-refractivity contribution in [1.29, 1.82) is 0 Å². The number of carbonyl (C=O) groups is 2. The Morgan fingerprint density at radius 1 is 1.00 bits per heavy atom. The summed E-state index contributed by atoms with van der Waals surface area (Å²) in [5.74, 6) is -0.185. The van der Waals surface area contributed by atoms with E-state index in [4.69, 9.17) is 9.47 Å². The van der Waals surface area contributed by atoms with Gasteiger partial charge in [-0.05, 0) is 54.8 Å². The molecule has 126 valence electrons. The van der Waals surface area contributed by atoms with E-state index in [9.17, 15) is 9.59 Å². The lowest BCUT2D eigenvalue weighted by atomic mass is 10.1. The third-order valence-corrected chi connectivity index (χ3v) is 4.11. The maximum absolute atomic E-state index is 12.1. The minimum absolute atomic E-state index is 0.281. The van der Waals surface area contributed by atoms with Gasteiger partial charge in [0.15, 0.2) is 0 Å². The Labute approximate surface area is 149 Å². The standard InChI is InChI=1S/C19H19BrO4/c1-12(2)11-23-18(21)14-6-8-16(9-7-14)24-19(22)15-5-4-13(3)17(20)10-15/h4-10,12H,11H2,1-3H3. The lowest BCUT2D eigenvalue weighted by Crippen LogP contribution is -2.11. The summed E-state index contributed by atoms with van der Waals surface area (Å²) in [6, 6.07) is 11.6. The molecule has 2 aromatic rings. The van der Waals surface area contributed by atoms with Gasteiger partial charge in [-0.25, -0.2) is 9.59 Å². The Bertz CT molecular complexity index is 736. The van der Waals surface area contributed by atoms with Crippen LogP contribution in [0, 0.1) is 12.8 Å². The second kappa shape index (κ2) is 8.11. The molecule has 0 saturated carbocycles. The van der Waals surface area contributed by atoms with Crippen LogP contribution >= 0.6 is 15.9 Å². The number of rotatable bonds is 5. The first-order valence-corrected chi connectivity index (χ1v) is 8.41. The third-order valence-electron chi connectivity index (χ3n) is 3.26. The number of ether oxygens (including phenoxy) is 2. The predicted octanol–water partition coefficient (Wildman–Crippen LogP) is 4.79. The van der Waals surface area contributed by atoms with Crippen LogP contribution in [0.5, 0.6) is 5.75 Å². The topological polar surface area (TPSA) is 52.6 Å². The van der Waals surface area contributed by atoms with Gasteiger partial charge in [0.05, 0.1) is 17.7 Å². The minimum Gasteiger partial charge on any atom is -0.462 e. The molecule has 0 aliphatic heterocycles. The molecule has 0 heterocycles. The van der Waals surface area contributed by atoms with Crippen LogP contribution in [0.3, 0.4) is 0 Å². The number of hydrogen-bond donors (Lipinski definition) is 0. The van der Waals surface area contributed by atoms with Crippen LogP contribution in [0.25, 0.3) is 0 Å². The van der Waals surface area contributed by atoms with E-state index in [1.165, 1.54) is 0 Å². The van der Waals surface area contributed by atoms with Crippen molar-refractivity contribution < 1.29 is 19.1 Å². The fourth-order valence-electron chi connectivity index (χ4n) is 1.87. The molecule has 0 bridgehead atoms. The van der Waals surface area contributed by atoms with Crippen molar-refractivity contribution in [3.8, 4) is 5.75 Å². The number of esters is 2. The van der Waals surface area contributed by atoms with Crippen LogP contribution in [-0.2, 0) is 4.74 Å². The molecule has 0 aromatic heterocycles. The van der Waals surface area contributed by atoms with E-state index in [2.05, 4.69) is 15.9 Å². The van der Waals surface area contributed by atoms with Gasteiger partial charge in [0.1, 0.15) is 5.75 Å². The minimum atomic E-state index is -0.453. The molecule has 0 amide bonds. The average molecular weight is 391 g/mol. The van der Waals surface area contributed by atoms with Crippen LogP contribution in [0.2, 0.25) is 0 Å². The molecule has 2 aromatic carbocycles. The van der Waals surface area contributed by atoms with Gasteiger partial charge in [-0.3, -0.25) is 0 Å². The van der Waals surface area contributed by atoms with Gasteiger partial charge in [-0.15, -0.1) is 0 Å². The van der Waals surface area contributed by atoms with Crippen molar-refractivity contribution in [2.45, 2.75) is 20.8 Å². The molecule has 0 spiro atoms. The summed E-state index contributed by atoms with van der Waals surface area (Å²) < 4.78 is 11.3. The molecule has 0 radical (unpaired) electrons. The molecule has 5 heteroatoms. The van der Waals surface area contributed by atoms with Gasteiger partial charge in [0.25, 0.3) is 0 Å². The normalized spacial score (nSPS) is 10.5. The van der Waals surface area contributed by atoms with Crippen molar-refractivity contribution in [2.75, 3.05) is 6.61 Å². The molecule has 0 unspecified atom stereocenters. The van der Waals surface area contributed by atoms with Gasteiger partial charge < -0.3 is 9.47 Å². The number of hydrogen-bond acceptors (Lipinski definition) is 4. The Hall–Kier alpha value is -2.14. The molecule has 0 aliphatic carbocycles. The summed E-state index contributed by atoms with van der Waals surface area (Å²) in [5, 5.41) is 0. The van der Waals surface area contributed by atoms with Gasteiger partial charge in [-0.2, -0.15) is 0 Å². The lowest BCUT2D eigenvalue weighted by Gasteiger charge is -2.08. The van der Waals surface area contributed by atoms with Crippen LogP contribution in [0.4, 0.5) is 0 Å². The van der Waals surface area contributed by atoms with Crippen LogP contribution in [0.1, 0.15) is 40.1 Å². The van der Waals surface area contributed by atoms with E-state index in [1.807, 2.05) is 26.8 Å². The molecule has 0 N–H and O–H groups in total. The first kappa shape index (κ1) is 18.2. The highest BCUT2D eigenvalue weighted by molar-refractivity contribution is 9.10. The van der Waals surface area contributed by atoms with Gasteiger partial charge in [0, 0.05) is 4.47 Å². The van der Waals surface area contributed by atoms with E-state index >= 15 is 0 Å². The molecule has 0 aliphatic rings. The van der Waals surface area contributed by atoms with Crippen molar-refractivity contribution in [2.24, 2.45) is 5.92 Å². The molecule has 0 fully saturated rings. The largest absolute Gasteiger partial charge is 0.462 e.